The van der Waals surface area contributed by atoms with Crippen molar-refractivity contribution in [2.75, 3.05) is 0 Å². The van der Waals surface area contributed by atoms with E-state index in [1.165, 1.54) is 0 Å². The minimum absolute atomic E-state index is 0.170. The summed E-state index contributed by atoms with van der Waals surface area (Å²) in [6.07, 6.45) is 0. The number of nitrogens with zero attached hydrogens (tertiary/aromatic N) is 4. The molecule has 0 spiro atoms. The maximum atomic E-state index is 11.9. The van der Waals surface area contributed by atoms with Crippen molar-refractivity contribution in [3.8, 4) is 11.3 Å². The Labute approximate surface area is 113 Å². The molecular weight excluding hydrogens is 260 g/mol. The molecule has 0 fully saturated rings. The Morgan fingerprint density at radius 3 is 2.90 bits per heavy atom. The third kappa shape index (κ3) is 2.53. The van der Waals surface area contributed by atoms with Crippen molar-refractivity contribution >= 4 is 5.91 Å². The Morgan fingerprint density at radius 1 is 1.30 bits per heavy atom. The minimum Gasteiger partial charge on any atom is -0.355 e. The highest BCUT2D eigenvalue weighted by Crippen LogP contribution is 2.19. The smallest absolute Gasteiger partial charge is 0.273 e. The van der Waals surface area contributed by atoms with Crippen LogP contribution >= 0.6 is 0 Å². The van der Waals surface area contributed by atoms with Crippen LogP contribution in [0.15, 0.2) is 40.9 Å². The number of carbonyl (C=O) groups excluding carboxylic acids is 1. The number of hydrogen-bond acceptors (Lipinski definition) is 6. The molecule has 0 saturated heterocycles. The average molecular weight is 270 g/mol. The molecule has 0 unspecified atom stereocenters. The number of benzene rings is 1. The van der Waals surface area contributed by atoms with Crippen LogP contribution in [-0.2, 0) is 6.54 Å². The number of nitrogens with one attached hydrogen (secondary N) is 2. The first kappa shape index (κ1) is 12.0. The van der Waals surface area contributed by atoms with E-state index in [1.54, 1.807) is 6.07 Å². The van der Waals surface area contributed by atoms with E-state index in [0.29, 0.717) is 11.6 Å². The van der Waals surface area contributed by atoms with Gasteiger partial charge in [-0.25, -0.2) is 0 Å². The maximum Gasteiger partial charge on any atom is 0.273 e. The van der Waals surface area contributed by atoms with Gasteiger partial charge in [-0.2, -0.15) is 5.21 Å². The fraction of sp³-hybridized carbons (Fsp3) is 0.0833. The van der Waals surface area contributed by atoms with E-state index in [4.69, 9.17) is 4.52 Å². The van der Waals surface area contributed by atoms with Gasteiger partial charge < -0.3 is 9.84 Å². The van der Waals surface area contributed by atoms with Gasteiger partial charge in [0.25, 0.3) is 5.91 Å². The predicted octanol–water partition coefficient (Wildman–Crippen LogP) is 0.785. The number of aromatic nitrogens is 5. The summed E-state index contributed by atoms with van der Waals surface area (Å²) >= 11 is 0. The van der Waals surface area contributed by atoms with Crippen molar-refractivity contribution in [1.29, 1.82) is 0 Å². The van der Waals surface area contributed by atoms with Gasteiger partial charge in [0.2, 0.25) is 0 Å². The number of aromatic amines is 1. The largest absolute Gasteiger partial charge is 0.355 e. The number of amides is 1. The SMILES string of the molecule is O=C(NCc1nn[nH]n1)c1cc(-c2ccccc2)on1. The summed E-state index contributed by atoms with van der Waals surface area (Å²) in [4.78, 5) is 11.9. The van der Waals surface area contributed by atoms with E-state index in [2.05, 4.69) is 31.1 Å². The second-order valence-corrected chi connectivity index (χ2v) is 3.95. The third-order valence-electron chi connectivity index (χ3n) is 2.60. The fourth-order valence-electron chi connectivity index (χ4n) is 1.63. The third-order valence-corrected chi connectivity index (χ3v) is 2.60. The first-order chi connectivity index (χ1) is 9.83. The van der Waals surface area contributed by atoms with Crippen LogP contribution in [0.25, 0.3) is 11.3 Å². The van der Waals surface area contributed by atoms with Crippen LogP contribution in [0.3, 0.4) is 0 Å². The lowest BCUT2D eigenvalue weighted by Crippen LogP contribution is -2.23. The summed E-state index contributed by atoms with van der Waals surface area (Å²) in [5.41, 5.74) is 1.06. The maximum absolute atomic E-state index is 11.9. The molecule has 8 heteroatoms. The lowest BCUT2D eigenvalue weighted by Gasteiger charge is -1.96. The Morgan fingerprint density at radius 2 is 2.15 bits per heavy atom. The topological polar surface area (TPSA) is 110 Å². The van der Waals surface area contributed by atoms with Crippen LogP contribution in [0, 0.1) is 0 Å². The summed E-state index contributed by atoms with van der Waals surface area (Å²) in [5, 5.41) is 19.5. The summed E-state index contributed by atoms with van der Waals surface area (Å²) in [5.74, 6) is 0.571. The first-order valence-corrected chi connectivity index (χ1v) is 5.85. The zero-order valence-electron chi connectivity index (χ0n) is 10.3. The highest BCUT2D eigenvalue weighted by Gasteiger charge is 2.13. The molecule has 1 aromatic carbocycles. The quantitative estimate of drug-likeness (QED) is 0.725. The molecule has 0 aliphatic carbocycles. The van der Waals surface area contributed by atoms with Gasteiger partial charge in [0.15, 0.2) is 17.3 Å². The molecule has 1 amide bonds. The molecule has 3 aromatic rings. The molecule has 0 atom stereocenters. The lowest BCUT2D eigenvalue weighted by atomic mass is 10.1. The molecule has 2 aromatic heterocycles. The standard InChI is InChI=1S/C12H10N6O2/c19-12(13-7-11-14-17-18-15-11)9-6-10(20-16-9)8-4-2-1-3-5-8/h1-6H,7H2,(H,13,19)(H,14,15,17,18). The number of hydrogen-bond donors (Lipinski definition) is 2. The van der Waals surface area contributed by atoms with Gasteiger partial charge in [-0.15, -0.1) is 10.2 Å². The summed E-state index contributed by atoms with van der Waals surface area (Å²) < 4.78 is 5.15. The van der Waals surface area contributed by atoms with Crippen LogP contribution in [0.5, 0.6) is 0 Å². The molecule has 0 aliphatic rings. The van der Waals surface area contributed by atoms with Gasteiger partial charge in [0.1, 0.15) is 0 Å². The predicted molar refractivity (Wildman–Crippen MR) is 67.3 cm³/mol. The summed E-state index contributed by atoms with van der Waals surface area (Å²) in [6.45, 7) is 0.170. The first-order valence-electron chi connectivity index (χ1n) is 5.85. The van der Waals surface area contributed by atoms with Crippen LogP contribution in [0.4, 0.5) is 0 Å². The van der Waals surface area contributed by atoms with Gasteiger partial charge in [-0.1, -0.05) is 40.7 Å². The van der Waals surface area contributed by atoms with Crippen molar-refractivity contribution in [1.82, 2.24) is 31.1 Å². The van der Waals surface area contributed by atoms with Crippen LogP contribution < -0.4 is 5.32 Å². The van der Waals surface area contributed by atoms with Gasteiger partial charge in [-0.05, 0) is 0 Å². The lowest BCUT2D eigenvalue weighted by molar-refractivity contribution is 0.0941. The number of tetrazole rings is 1. The van der Waals surface area contributed by atoms with Crippen molar-refractivity contribution in [2.24, 2.45) is 0 Å². The zero-order valence-corrected chi connectivity index (χ0v) is 10.3. The highest BCUT2D eigenvalue weighted by molar-refractivity contribution is 5.92. The van der Waals surface area contributed by atoms with Crippen LogP contribution in [-0.4, -0.2) is 31.7 Å². The normalized spacial score (nSPS) is 10.4. The molecule has 0 bridgehead atoms. The zero-order chi connectivity index (χ0) is 13.8. The minimum atomic E-state index is -0.360. The van der Waals surface area contributed by atoms with E-state index >= 15 is 0 Å². The Kier molecular flexibility index (Phi) is 3.19. The fourth-order valence-corrected chi connectivity index (χ4v) is 1.63. The second-order valence-electron chi connectivity index (χ2n) is 3.95. The molecule has 8 nitrogen and oxygen atoms in total. The second kappa shape index (κ2) is 5.31. The molecular formula is C12H10N6O2. The van der Waals surface area contributed by atoms with E-state index in [0.717, 1.165) is 5.56 Å². The van der Waals surface area contributed by atoms with E-state index < -0.39 is 0 Å². The average Bonchev–Trinajstić information content (AvgIpc) is 3.17. The van der Waals surface area contributed by atoms with Crippen molar-refractivity contribution < 1.29 is 9.32 Å². The molecule has 20 heavy (non-hydrogen) atoms. The Hall–Kier alpha value is -3.03. The van der Waals surface area contributed by atoms with Crippen molar-refractivity contribution in [3.05, 3.63) is 47.9 Å². The molecule has 2 N–H and O–H groups in total. The monoisotopic (exact) mass is 270 g/mol. The number of carbonyl (C=O) groups is 1. The summed E-state index contributed by atoms with van der Waals surface area (Å²) in [6, 6.07) is 11.0. The molecule has 3 rings (SSSR count). The molecule has 2 heterocycles. The van der Waals surface area contributed by atoms with E-state index in [9.17, 15) is 4.79 Å². The molecule has 0 saturated carbocycles. The molecule has 100 valence electrons. The van der Waals surface area contributed by atoms with Crippen molar-refractivity contribution in [2.45, 2.75) is 6.54 Å². The summed E-state index contributed by atoms with van der Waals surface area (Å²) in [7, 11) is 0. The number of rotatable bonds is 4. The number of H-pyrrole nitrogens is 1. The molecule has 0 aliphatic heterocycles. The van der Waals surface area contributed by atoms with Gasteiger partial charge in [0, 0.05) is 11.6 Å². The van der Waals surface area contributed by atoms with Crippen LogP contribution in [0.1, 0.15) is 16.3 Å². The Balaban J connectivity index is 1.69. The molecule has 0 radical (unpaired) electrons. The van der Waals surface area contributed by atoms with E-state index in [-0.39, 0.29) is 18.1 Å². The van der Waals surface area contributed by atoms with Crippen molar-refractivity contribution in [3.63, 3.8) is 0 Å². The highest BCUT2D eigenvalue weighted by atomic mass is 16.5. The van der Waals surface area contributed by atoms with Crippen LogP contribution in [0.2, 0.25) is 0 Å². The van der Waals surface area contributed by atoms with Gasteiger partial charge in [0.05, 0.1) is 6.54 Å². The Bertz CT molecular complexity index is 692. The van der Waals surface area contributed by atoms with E-state index in [1.807, 2.05) is 30.3 Å². The van der Waals surface area contributed by atoms with Gasteiger partial charge >= 0.3 is 0 Å². The van der Waals surface area contributed by atoms with Gasteiger partial charge in [-0.3, -0.25) is 4.79 Å².